The average molecular weight is 291 g/mol. The van der Waals surface area contributed by atoms with Gasteiger partial charge in [0.15, 0.2) is 0 Å². The Morgan fingerprint density at radius 3 is 2.95 bits per heavy atom. The summed E-state index contributed by atoms with van der Waals surface area (Å²) < 4.78 is 13.2. The van der Waals surface area contributed by atoms with Gasteiger partial charge in [-0.25, -0.2) is 4.39 Å². The summed E-state index contributed by atoms with van der Waals surface area (Å²) in [7, 11) is 0. The predicted octanol–water partition coefficient (Wildman–Crippen LogP) is 3.37. The predicted molar refractivity (Wildman–Crippen MR) is 80.2 cm³/mol. The summed E-state index contributed by atoms with van der Waals surface area (Å²) in [6.45, 7) is 3.24. The second kappa shape index (κ2) is 6.04. The summed E-state index contributed by atoms with van der Waals surface area (Å²) in [4.78, 5) is 4.78. The monoisotopic (exact) mass is 291 g/mol. The number of halogens is 1. The average Bonchev–Trinajstić information content (AvgIpc) is 3.08. The maximum Gasteiger partial charge on any atom is 0.123 e. The van der Waals surface area contributed by atoms with Crippen molar-refractivity contribution in [1.82, 2.24) is 4.90 Å². The molecule has 1 atom stereocenters. The highest BCUT2D eigenvalue weighted by Gasteiger charge is 2.21. The fraction of sp³-hybridized carbons (Fsp3) is 0.375. The molecule has 2 aromatic rings. The van der Waals surface area contributed by atoms with Crippen molar-refractivity contribution in [2.24, 2.45) is 5.92 Å². The number of aliphatic hydroxyl groups is 1. The Morgan fingerprint density at radius 2 is 2.20 bits per heavy atom. The van der Waals surface area contributed by atoms with Gasteiger partial charge < -0.3 is 5.11 Å². The molecule has 1 aliphatic heterocycles. The molecular weight excluding hydrogens is 273 g/mol. The van der Waals surface area contributed by atoms with Crippen LogP contribution in [0.1, 0.15) is 11.3 Å². The first-order chi connectivity index (χ1) is 9.74. The molecule has 4 heteroatoms. The van der Waals surface area contributed by atoms with E-state index in [0.717, 1.165) is 36.5 Å². The van der Waals surface area contributed by atoms with Crippen LogP contribution in [0, 0.1) is 11.7 Å². The van der Waals surface area contributed by atoms with Gasteiger partial charge >= 0.3 is 0 Å². The number of likely N-dealkylation sites (tertiary alicyclic amines) is 1. The summed E-state index contributed by atoms with van der Waals surface area (Å²) in [5.41, 5.74) is 0.941. The van der Waals surface area contributed by atoms with Gasteiger partial charge in [0, 0.05) is 29.5 Å². The first kappa shape index (κ1) is 13.7. The SMILES string of the molecule is OCC1CCN(Cc2ccc(-c3cccc(F)c3)s2)C1. The van der Waals surface area contributed by atoms with Gasteiger partial charge in [-0.15, -0.1) is 11.3 Å². The van der Waals surface area contributed by atoms with Gasteiger partial charge in [-0.3, -0.25) is 4.90 Å². The van der Waals surface area contributed by atoms with E-state index in [4.69, 9.17) is 5.11 Å². The van der Waals surface area contributed by atoms with Crippen molar-refractivity contribution in [2.75, 3.05) is 19.7 Å². The maximum atomic E-state index is 13.2. The Bertz CT molecular complexity index is 583. The Kier molecular flexibility index (Phi) is 4.15. The van der Waals surface area contributed by atoms with E-state index in [2.05, 4.69) is 17.0 Å². The van der Waals surface area contributed by atoms with Gasteiger partial charge in [0.25, 0.3) is 0 Å². The van der Waals surface area contributed by atoms with Crippen LogP contribution < -0.4 is 0 Å². The molecule has 0 aliphatic carbocycles. The lowest BCUT2D eigenvalue weighted by Crippen LogP contribution is -2.20. The number of hydrogen-bond donors (Lipinski definition) is 1. The molecule has 2 heterocycles. The molecule has 0 saturated carbocycles. The van der Waals surface area contributed by atoms with Gasteiger partial charge in [-0.2, -0.15) is 0 Å². The molecule has 3 rings (SSSR count). The van der Waals surface area contributed by atoms with Crippen LogP contribution in [0.3, 0.4) is 0 Å². The topological polar surface area (TPSA) is 23.5 Å². The molecule has 1 unspecified atom stereocenters. The van der Waals surface area contributed by atoms with E-state index in [1.807, 2.05) is 6.07 Å². The lowest BCUT2D eigenvalue weighted by molar-refractivity contribution is 0.220. The number of rotatable bonds is 4. The number of benzene rings is 1. The zero-order chi connectivity index (χ0) is 13.9. The number of hydrogen-bond acceptors (Lipinski definition) is 3. The molecule has 0 amide bonds. The van der Waals surface area contributed by atoms with Crippen molar-refractivity contribution >= 4 is 11.3 Å². The number of aliphatic hydroxyl groups excluding tert-OH is 1. The standard InChI is InChI=1S/C16H18FNOS/c17-14-3-1-2-13(8-14)16-5-4-15(20-16)10-18-7-6-12(9-18)11-19/h1-5,8,12,19H,6-7,9-11H2. The van der Waals surface area contributed by atoms with Crippen LogP contribution in [0.2, 0.25) is 0 Å². The quantitative estimate of drug-likeness (QED) is 0.933. The Hall–Kier alpha value is -1.23. The molecule has 106 valence electrons. The van der Waals surface area contributed by atoms with Gasteiger partial charge in [0.2, 0.25) is 0 Å². The molecule has 1 aromatic heterocycles. The number of thiophene rings is 1. The van der Waals surface area contributed by atoms with E-state index in [0.29, 0.717) is 5.92 Å². The molecule has 1 aromatic carbocycles. The Labute approximate surface area is 122 Å². The summed E-state index contributed by atoms with van der Waals surface area (Å²) in [5.74, 6) is 0.237. The normalized spacial score (nSPS) is 19.6. The van der Waals surface area contributed by atoms with Crippen molar-refractivity contribution < 1.29 is 9.50 Å². The highest BCUT2D eigenvalue weighted by molar-refractivity contribution is 7.15. The van der Waals surface area contributed by atoms with Crippen molar-refractivity contribution in [3.63, 3.8) is 0 Å². The zero-order valence-corrected chi connectivity index (χ0v) is 12.1. The smallest absolute Gasteiger partial charge is 0.123 e. The second-order valence-corrected chi connectivity index (χ2v) is 6.52. The minimum Gasteiger partial charge on any atom is -0.396 e. The van der Waals surface area contributed by atoms with E-state index in [1.54, 1.807) is 23.5 Å². The van der Waals surface area contributed by atoms with E-state index < -0.39 is 0 Å². The van der Waals surface area contributed by atoms with Crippen LogP contribution in [-0.2, 0) is 6.54 Å². The highest BCUT2D eigenvalue weighted by atomic mass is 32.1. The Balaban J connectivity index is 1.68. The molecular formula is C16H18FNOS. The van der Waals surface area contributed by atoms with E-state index in [-0.39, 0.29) is 12.4 Å². The van der Waals surface area contributed by atoms with Crippen LogP contribution in [0.4, 0.5) is 4.39 Å². The zero-order valence-electron chi connectivity index (χ0n) is 11.3. The van der Waals surface area contributed by atoms with Crippen LogP contribution >= 0.6 is 11.3 Å². The maximum absolute atomic E-state index is 13.2. The molecule has 1 aliphatic rings. The van der Waals surface area contributed by atoms with Crippen molar-refractivity contribution in [3.05, 3.63) is 47.1 Å². The van der Waals surface area contributed by atoms with Crippen LogP contribution in [0.5, 0.6) is 0 Å². The van der Waals surface area contributed by atoms with Gasteiger partial charge in [-0.05, 0) is 48.7 Å². The molecule has 0 spiro atoms. The van der Waals surface area contributed by atoms with Gasteiger partial charge in [-0.1, -0.05) is 12.1 Å². The minimum atomic E-state index is -0.192. The summed E-state index contributed by atoms with van der Waals surface area (Å²) >= 11 is 1.72. The Morgan fingerprint density at radius 1 is 1.30 bits per heavy atom. The summed E-state index contributed by atoms with van der Waals surface area (Å²) in [6.07, 6.45) is 1.08. The third kappa shape index (κ3) is 3.08. The molecule has 20 heavy (non-hydrogen) atoms. The second-order valence-electron chi connectivity index (χ2n) is 5.35. The highest BCUT2D eigenvalue weighted by Crippen LogP contribution is 2.30. The molecule has 2 nitrogen and oxygen atoms in total. The number of nitrogens with zero attached hydrogens (tertiary/aromatic N) is 1. The van der Waals surface area contributed by atoms with Crippen LogP contribution in [0.25, 0.3) is 10.4 Å². The van der Waals surface area contributed by atoms with E-state index >= 15 is 0 Å². The fourth-order valence-electron chi connectivity index (χ4n) is 2.69. The molecule has 1 saturated heterocycles. The molecule has 0 bridgehead atoms. The fourth-order valence-corrected chi connectivity index (χ4v) is 3.73. The summed E-state index contributed by atoms with van der Waals surface area (Å²) in [6, 6.07) is 10.9. The first-order valence-electron chi connectivity index (χ1n) is 6.92. The lowest BCUT2D eigenvalue weighted by Gasteiger charge is -2.13. The third-order valence-electron chi connectivity index (χ3n) is 3.78. The van der Waals surface area contributed by atoms with Crippen molar-refractivity contribution in [3.8, 4) is 10.4 Å². The molecule has 0 radical (unpaired) electrons. The largest absolute Gasteiger partial charge is 0.396 e. The van der Waals surface area contributed by atoms with Gasteiger partial charge in [0.1, 0.15) is 5.82 Å². The van der Waals surface area contributed by atoms with Crippen molar-refractivity contribution in [1.29, 1.82) is 0 Å². The van der Waals surface area contributed by atoms with Crippen LogP contribution in [-0.4, -0.2) is 29.7 Å². The summed E-state index contributed by atoms with van der Waals surface area (Å²) in [5, 5.41) is 9.17. The van der Waals surface area contributed by atoms with E-state index in [9.17, 15) is 4.39 Å². The van der Waals surface area contributed by atoms with Gasteiger partial charge in [0.05, 0.1) is 0 Å². The molecule has 1 fully saturated rings. The molecule has 1 N–H and O–H groups in total. The van der Waals surface area contributed by atoms with Crippen molar-refractivity contribution in [2.45, 2.75) is 13.0 Å². The lowest BCUT2D eigenvalue weighted by atomic mass is 10.1. The van der Waals surface area contributed by atoms with Crippen LogP contribution in [0.15, 0.2) is 36.4 Å². The minimum absolute atomic E-state index is 0.192. The first-order valence-corrected chi connectivity index (χ1v) is 7.74. The van der Waals surface area contributed by atoms with E-state index in [1.165, 1.54) is 10.9 Å². The third-order valence-corrected chi connectivity index (χ3v) is 4.90.